The third-order valence-corrected chi connectivity index (χ3v) is 6.40. The van der Waals surface area contributed by atoms with E-state index in [0.29, 0.717) is 37.1 Å². The van der Waals surface area contributed by atoms with Gasteiger partial charge in [-0.2, -0.15) is 0 Å². The summed E-state index contributed by atoms with van der Waals surface area (Å²) in [6.07, 6.45) is 8.50. The number of ether oxygens (including phenoxy) is 3. The average molecular weight is 433 g/mol. The van der Waals surface area contributed by atoms with E-state index >= 15 is 0 Å². The van der Waals surface area contributed by atoms with Crippen LogP contribution in [0.5, 0.6) is 5.75 Å². The standard InChI is InChI=1S/C28H48O3/c1-21(2)26(22(3)4)19-27(30-18-17-29-24-11-9-8-10-12-24)31-25-15-13-23(14-16-25)20-28(5,6)7/h13-16,21-22,24,26-27H,8-12,17-20H2,1-7H3. The van der Waals surface area contributed by atoms with Crippen LogP contribution in [0.4, 0.5) is 0 Å². The van der Waals surface area contributed by atoms with Crippen molar-refractivity contribution in [2.45, 2.75) is 106 Å². The van der Waals surface area contributed by atoms with E-state index in [1.165, 1.54) is 37.7 Å². The molecule has 0 heterocycles. The number of rotatable bonds is 12. The zero-order chi connectivity index (χ0) is 22.9. The first kappa shape index (κ1) is 26.2. The van der Waals surface area contributed by atoms with Crippen LogP contribution in [0.3, 0.4) is 0 Å². The van der Waals surface area contributed by atoms with Crippen LogP contribution in [0.25, 0.3) is 0 Å². The Kier molecular flexibility index (Phi) is 10.9. The lowest BCUT2D eigenvalue weighted by Crippen LogP contribution is -2.30. The molecule has 3 heteroatoms. The summed E-state index contributed by atoms with van der Waals surface area (Å²) in [5.74, 6) is 2.65. The van der Waals surface area contributed by atoms with Crippen LogP contribution in [0.15, 0.2) is 24.3 Å². The highest BCUT2D eigenvalue weighted by Crippen LogP contribution is 2.29. The summed E-state index contributed by atoms with van der Waals surface area (Å²) in [6, 6.07) is 8.56. The van der Waals surface area contributed by atoms with E-state index in [2.05, 4.69) is 72.7 Å². The monoisotopic (exact) mass is 432 g/mol. The van der Waals surface area contributed by atoms with Gasteiger partial charge in [0.15, 0.2) is 6.29 Å². The van der Waals surface area contributed by atoms with Crippen molar-refractivity contribution in [3.05, 3.63) is 29.8 Å². The summed E-state index contributed by atoms with van der Waals surface area (Å²) >= 11 is 0. The van der Waals surface area contributed by atoms with Gasteiger partial charge in [0.2, 0.25) is 0 Å². The van der Waals surface area contributed by atoms with Gasteiger partial charge in [0.1, 0.15) is 5.75 Å². The molecule has 0 amide bonds. The molecule has 1 saturated carbocycles. The van der Waals surface area contributed by atoms with Crippen molar-refractivity contribution >= 4 is 0 Å². The highest BCUT2D eigenvalue weighted by atomic mass is 16.7. The third kappa shape index (κ3) is 10.4. The lowest BCUT2D eigenvalue weighted by Gasteiger charge is -2.30. The molecule has 1 aliphatic rings. The predicted molar refractivity (Wildman–Crippen MR) is 131 cm³/mol. The van der Waals surface area contributed by atoms with Gasteiger partial charge >= 0.3 is 0 Å². The summed E-state index contributed by atoms with van der Waals surface area (Å²) in [4.78, 5) is 0. The van der Waals surface area contributed by atoms with E-state index in [-0.39, 0.29) is 11.7 Å². The van der Waals surface area contributed by atoms with E-state index in [9.17, 15) is 0 Å². The van der Waals surface area contributed by atoms with Crippen LogP contribution in [-0.4, -0.2) is 25.6 Å². The molecule has 0 bridgehead atoms. The van der Waals surface area contributed by atoms with Gasteiger partial charge in [-0.15, -0.1) is 0 Å². The van der Waals surface area contributed by atoms with Crippen LogP contribution in [0.2, 0.25) is 0 Å². The molecule has 0 aliphatic heterocycles. The number of hydrogen-bond acceptors (Lipinski definition) is 3. The Labute approximate surface area is 192 Å². The second-order valence-electron chi connectivity index (χ2n) is 11.3. The van der Waals surface area contributed by atoms with Crippen molar-refractivity contribution in [1.82, 2.24) is 0 Å². The Morgan fingerprint density at radius 2 is 1.48 bits per heavy atom. The van der Waals surface area contributed by atoms with E-state index in [4.69, 9.17) is 14.2 Å². The van der Waals surface area contributed by atoms with E-state index in [1.54, 1.807) is 0 Å². The maximum Gasteiger partial charge on any atom is 0.200 e. The molecule has 1 aromatic rings. The predicted octanol–water partition coefficient (Wildman–Crippen LogP) is 7.66. The zero-order valence-electron chi connectivity index (χ0n) is 21.3. The Morgan fingerprint density at radius 1 is 0.871 bits per heavy atom. The minimum atomic E-state index is -0.238. The smallest absolute Gasteiger partial charge is 0.200 e. The molecular weight excluding hydrogens is 384 g/mol. The fraction of sp³-hybridized carbons (Fsp3) is 0.786. The van der Waals surface area contributed by atoms with Gasteiger partial charge in [-0.3, -0.25) is 0 Å². The Morgan fingerprint density at radius 3 is 2.03 bits per heavy atom. The number of benzene rings is 1. The molecule has 3 nitrogen and oxygen atoms in total. The lowest BCUT2D eigenvalue weighted by atomic mass is 9.83. The first-order chi connectivity index (χ1) is 14.6. The molecule has 0 aromatic heterocycles. The van der Waals surface area contributed by atoms with Crippen molar-refractivity contribution in [2.24, 2.45) is 23.2 Å². The van der Waals surface area contributed by atoms with Crippen molar-refractivity contribution in [2.75, 3.05) is 13.2 Å². The molecule has 2 rings (SSSR count). The molecule has 1 fully saturated rings. The molecule has 0 radical (unpaired) electrons. The van der Waals surface area contributed by atoms with Gasteiger partial charge in [0, 0.05) is 6.42 Å². The molecule has 31 heavy (non-hydrogen) atoms. The van der Waals surface area contributed by atoms with E-state index in [1.807, 2.05) is 0 Å². The molecule has 1 aromatic carbocycles. The van der Waals surface area contributed by atoms with Crippen molar-refractivity contribution in [1.29, 1.82) is 0 Å². The third-order valence-electron chi connectivity index (χ3n) is 6.40. The van der Waals surface area contributed by atoms with Gasteiger partial charge in [-0.1, -0.05) is 79.9 Å². The van der Waals surface area contributed by atoms with Gasteiger partial charge in [0.25, 0.3) is 0 Å². The van der Waals surface area contributed by atoms with Crippen molar-refractivity contribution in [3.63, 3.8) is 0 Å². The second kappa shape index (κ2) is 12.8. The summed E-state index contributed by atoms with van der Waals surface area (Å²) < 4.78 is 18.6. The van der Waals surface area contributed by atoms with E-state index in [0.717, 1.165) is 18.6 Å². The van der Waals surface area contributed by atoms with Gasteiger partial charge in [0.05, 0.1) is 19.3 Å². The molecule has 1 aliphatic carbocycles. The fourth-order valence-corrected chi connectivity index (χ4v) is 4.76. The molecule has 0 N–H and O–H groups in total. The summed E-state index contributed by atoms with van der Waals surface area (Å²) in [6.45, 7) is 17.3. The van der Waals surface area contributed by atoms with Crippen LogP contribution >= 0.6 is 0 Å². The summed E-state index contributed by atoms with van der Waals surface area (Å²) in [5.41, 5.74) is 1.63. The maximum atomic E-state index is 6.34. The zero-order valence-corrected chi connectivity index (χ0v) is 21.3. The molecule has 1 unspecified atom stereocenters. The Hall–Kier alpha value is -1.06. The lowest BCUT2D eigenvalue weighted by molar-refractivity contribution is -0.118. The molecular formula is C28H48O3. The molecule has 178 valence electrons. The minimum absolute atomic E-state index is 0.238. The minimum Gasteiger partial charge on any atom is -0.465 e. The largest absolute Gasteiger partial charge is 0.465 e. The highest BCUT2D eigenvalue weighted by Gasteiger charge is 2.24. The van der Waals surface area contributed by atoms with Crippen molar-refractivity contribution < 1.29 is 14.2 Å². The number of hydrogen-bond donors (Lipinski definition) is 0. The fourth-order valence-electron chi connectivity index (χ4n) is 4.76. The molecule has 1 atom stereocenters. The summed E-state index contributed by atoms with van der Waals surface area (Å²) in [5, 5.41) is 0. The summed E-state index contributed by atoms with van der Waals surface area (Å²) in [7, 11) is 0. The SMILES string of the molecule is CC(C)C(CC(OCCOC1CCCCC1)Oc1ccc(CC(C)(C)C)cc1)C(C)C. The quantitative estimate of drug-likeness (QED) is 0.250. The topological polar surface area (TPSA) is 27.7 Å². The van der Waals surface area contributed by atoms with Crippen LogP contribution in [0, 0.1) is 23.2 Å². The maximum absolute atomic E-state index is 6.34. The Bertz CT molecular complexity index is 586. The van der Waals surface area contributed by atoms with Crippen molar-refractivity contribution in [3.8, 4) is 5.75 Å². The second-order valence-corrected chi connectivity index (χ2v) is 11.3. The first-order valence-electron chi connectivity index (χ1n) is 12.6. The van der Waals surface area contributed by atoms with Gasteiger partial charge < -0.3 is 14.2 Å². The van der Waals surface area contributed by atoms with E-state index < -0.39 is 0 Å². The highest BCUT2D eigenvalue weighted by molar-refractivity contribution is 5.28. The van der Waals surface area contributed by atoms with Crippen LogP contribution in [-0.2, 0) is 15.9 Å². The first-order valence-corrected chi connectivity index (χ1v) is 12.6. The van der Waals surface area contributed by atoms with Crippen LogP contribution < -0.4 is 4.74 Å². The average Bonchev–Trinajstić information content (AvgIpc) is 2.69. The van der Waals surface area contributed by atoms with Gasteiger partial charge in [-0.25, -0.2) is 0 Å². The molecule has 0 spiro atoms. The normalized spacial score (nSPS) is 17.0. The van der Waals surface area contributed by atoms with Gasteiger partial charge in [-0.05, 0) is 60.1 Å². The molecule has 0 saturated heterocycles. The Balaban J connectivity index is 1.94. The van der Waals surface area contributed by atoms with Crippen LogP contribution in [0.1, 0.15) is 92.6 Å².